The lowest BCUT2D eigenvalue weighted by Gasteiger charge is -2.18. The van der Waals surface area contributed by atoms with Crippen LogP contribution < -0.4 is 0 Å². The molecule has 0 bridgehead atoms. The smallest absolute Gasteiger partial charge is 0.0263 e. The Labute approximate surface area is 88.9 Å². The Kier molecular flexibility index (Phi) is 8.31. The Hall–Kier alpha value is 1.54. The van der Waals surface area contributed by atoms with E-state index in [1.54, 1.807) is 0 Å². The van der Waals surface area contributed by atoms with Gasteiger partial charge in [-0.3, -0.25) is 0 Å². The third-order valence-corrected chi connectivity index (χ3v) is 3.92. The molecule has 0 aromatic carbocycles. The molecular formula is C6H10Br2Cl2. The Morgan fingerprint density at radius 2 is 1.20 bits per heavy atom. The highest BCUT2D eigenvalue weighted by atomic mass is 79.9. The van der Waals surface area contributed by atoms with E-state index in [1.807, 2.05) is 0 Å². The predicted molar refractivity (Wildman–Crippen MR) is 56.0 cm³/mol. The van der Waals surface area contributed by atoms with Gasteiger partial charge in [0.05, 0.1) is 0 Å². The number of halogens is 4. The van der Waals surface area contributed by atoms with Gasteiger partial charge in [-0.05, 0) is 11.8 Å². The summed E-state index contributed by atoms with van der Waals surface area (Å²) >= 11 is 18.2. The second-order valence-corrected chi connectivity index (χ2v) is 4.05. The summed E-state index contributed by atoms with van der Waals surface area (Å²) in [6, 6.07) is 0. The minimum atomic E-state index is 0.485. The van der Waals surface area contributed by atoms with Crippen molar-refractivity contribution in [1.82, 2.24) is 0 Å². The average Bonchev–Trinajstić information content (AvgIpc) is 2.00. The van der Waals surface area contributed by atoms with Gasteiger partial charge >= 0.3 is 0 Å². The van der Waals surface area contributed by atoms with Crippen LogP contribution in [0, 0.1) is 11.8 Å². The lowest BCUT2D eigenvalue weighted by molar-refractivity contribution is 0.488. The van der Waals surface area contributed by atoms with Gasteiger partial charge in [-0.1, -0.05) is 31.9 Å². The number of rotatable bonds is 5. The van der Waals surface area contributed by atoms with Gasteiger partial charge in [0, 0.05) is 22.4 Å². The van der Waals surface area contributed by atoms with E-state index in [-0.39, 0.29) is 0 Å². The zero-order valence-corrected chi connectivity index (χ0v) is 10.2. The molecule has 0 aromatic heterocycles. The zero-order valence-electron chi connectivity index (χ0n) is 5.49. The average molecular weight is 313 g/mol. The van der Waals surface area contributed by atoms with Crippen molar-refractivity contribution in [3.63, 3.8) is 0 Å². The summed E-state index contributed by atoms with van der Waals surface area (Å²) in [5.74, 6) is 2.32. The van der Waals surface area contributed by atoms with Gasteiger partial charge in [-0.2, -0.15) is 0 Å². The minimum absolute atomic E-state index is 0.485. The van der Waals surface area contributed by atoms with Crippen LogP contribution in [0.4, 0.5) is 0 Å². The zero-order chi connectivity index (χ0) is 7.98. The molecule has 0 amide bonds. The van der Waals surface area contributed by atoms with Gasteiger partial charge in [0.1, 0.15) is 0 Å². The summed E-state index contributed by atoms with van der Waals surface area (Å²) in [5.41, 5.74) is 0. The van der Waals surface area contributed by atoms with Crippen LogP contribution >= 0.6 is 55.1 Å². The van der Waals surface area contributed by atoms with Crippen molar-refractivity contribution in [3.8, 4) is 0 Å². The van der Waals surface area contributed by atoms with Crippen LogP contribution in [0.25, 0.3) is 0 Å². The summed E-state index contributed by atoms with van der Waals surface area (Å²) in [5, 5.41) is 1.86. The maximum atomic E-state index is 5.71. The number of hydrogen-bond donors (Lipinski definition) is 0. The largest absolute Gasteiger partial charge is 0.126 e. The monoisotopic (exact) mass is 310 g/mol. The van der Waals surface area contributed by atoms with Gasteiger partial charge in [0.25, 0.3) is 0 Å². The molecule has 0 fully saturated rings. The van der Waals surface area contributed by atoms with Crippen molar-refractivity contribution in [2.75, 3.05) is 22.4 Å². The molecule has 0 aliphatic heterocycles. The molecule has 0 radical (unpaired) electrons. The first kappa shape index (κ1) is 11.5. The Morgan fingerprint density at radius 1 is 0.900 bits per heavy atom. The Balaban J connectivity index is 3.70. The van der Waals surface area contributed by atoms with Crippen molar-refractivity contribution >= 4 is 55.1 Å². The van der Waals surface area contributed by atoms with E-state index in [9.17, 15) is 0 Å². The van der Waals surface area contributed by atoms with Gasteiger partial charge < -0.3 is 0 Å². The van der Waals surface area contributed by atoms with Crippen LogP contribution in [0.1, 0.15) is 0 Å². The van der Waals surface area contributed by atoms with Crippen LogP contribution in [0.3, 0.4) is 0 Å². The topological polar surface area (TPSA) is 0 Å². The first-order valence-electron chi connectivity index (χ1n) is 3.04. The molecule has 62 valence electrons. The maximum absolute atomic E-state index is 5.71. The molecule has 10 heavy (non-hydrogen) atoms. The summed E-state index contributed by atoms with van der Waals surface area (Å²) in [4.78, 5) is 0. The molecule has 4 heteroatoms. The quantitative estimate of drug-likeness (QED) is 0.682. The second-order valence-electron chi connectivity index (χ2n) is 2.14. The van der Waals surface area contributed by atoms with Crippen LogP contribution in [-0.4, -0.2) is 22.4 Å². The first-order valence-corrected chi connectivity index (χ1v) is 6.35. The molecule has 0 saturated heterocycles. The maximum Gasteiger partial charge on any atom is 0.0263 e. The molecule has 0 saturated carbocycles. The molecular weight excluding hydrogens is 303 g/mol. The van der Waals surface area contributed by atoms with Crippen molar-refractivity contribution in [1.29, 1.82) is 0 Å². The van der Waals surface area contributed by atoms with Crippen molar-refractivity contribution in [3.05, 3.63) is 0 Å². The second kappa shape index (κ2) is 7.20. The summed E-state index contributed by atoms with van der Waals surface area (Å²) in [7, 11) is 0. The third-order valence-electron chi connectivity index (χ3n) is 1.46. The molecule has 0 rings (SSSR count). The molecule has 0 aliphatic rings. The third kappa shape index (κ3) is 3.80. The van der Waals surface area contributed by atoms with Crippen LogP contribution in [0.5, 0.6) is 0 Å². The predicted octanol–water partition coefficient (Wildman–Crippen LogP) is 3.49. The summed E-state index contributed by atoms with van der Waals surface area (Å²) < 4.78 is 0. The van der Waals surface area contributed by atoms with Crippen LogP contribution in [0.2, 0.25) is 0 Å². The summed E-state index contributed by atoms with van der Waals surface area (Å²) in [6.07, 6.45) is 0. The molecule has 2 unspecified atom stereocenters. The van der Waals surface area contributed by atoms with E-state index in [0.29, 0.717) is 23.6 Å². The Bertz CT molecular complexity index is 62.1. The molecule has 0 N–H and O–H groups in total. The normalized spacial score (nSPS) is 16.8. The molecule has 2 atom stereocenters. The molecule has 0 aliphatic carbocycles. The van der Waals surface area contributed by atoms with Crippen LogP contribution in [0.15, 0.2) is 0 Å². The Morgan fingerprint density at radius 3 is 1.30 bits per heavy atom. The molecule has 0 spiro atoms. The van der Waals surface area contributed by atoms with Crippen LogP contribution in [-0.2, 0) is 0 Å². The van der Waals surface area contributed by atoms with Crippen molar-refractivity contribution in [2.45, 2.75) is 0 Å². The fourth-order valence-corrected chi connectivity index (χ4v) is 3.35. The highest BCUT2D eigenvalue weighted by Crippen LogP contribution is 2.19. The van der Waals surface area contributed by atoms with E-state index in [1.165, 1.54) is 0 Å². The van der Waals surface area contributed by atoms with Gasteiger partial charge in [0.2, 0.25) is 0 Å². The van der Waals surface area contributed by atoms with Gasteiger partial charge in [0.15, 0.2) is 0 Å². The molecule has 0 nitrogen and oxygen atoms in total. The first-order chi connectivity index (χ1) is 4.79. The van der Waals surface area contributed by atoms with Gasteiger partial charge in [-0.25, -0.2) is 0 Å². The van der Waals surface area contributed by atoms with Crippen molar-refractivity contribution in [2.24, 2.45) is 11.8 Å². The highest BCUT2D eigenvalue weighted by Gasteiger charge is 2.17. The van der Waals surface area contributed by atoms with E-state index in [2.05, 4.69) is 31.9 Å². The van der Waals surface area contributed by atoms with E-state index in [4.69, 9.17) is 23.2 Å². The van der Waals surface area contributed by atoms with Gasteiger partial charge in [-0.15, -0.1) is 23.2 Å². The molecule has 0 aromatic rings. The standard InChI is InChI=1S/C6H10Br2Cl2/c7-1-5(3-9)6(2-8)4-10/h5-6H,1-4H2. The fraction of sp³-hybridized carbons (Fsp3) is 1.00. The minimum Gasteiger partial charge on any atom is -0.126 e. The van der Waals surface area contributed by atoms with E-state index >= 15 is 0 Å². The number of hydrogen-bond acceptors (Lipinski definition) is 0. The lowest BCUT2D eigenvalue weighted by atomic mass is 10.0. The van der Waals surface area contributed by atoms with Crippen molar-refractivity contribution < 1.29 is 0 Å². The SMILES string of the molecule is ClCC(CBr)C(CCl)CBr. The molecule has 0 heterocycles. The van der Waals surface area contributed by atoms with E-state index < -0.39 is 0 Å². The fourth-order valence-electron chi connectivity index (χ4n) is 0.586. The number of alkyl halides is 4. The summed E-state index contributed by atoms with van der Waals surface area (Å²) in [6.45, 7) is 0. The highest BCUT2D eigenvalue weighted by molar-refractivity contribution is 9.09. The lowest BCUT2D eigenvalue weighted by Crippen LogP contribution is -2.20. The van der Waals surface area contributed by atoms with E-state index in [0.717, 1.165) is 10.7 Å².